The fourth-order valence-electron chi connectivity index (χ4n) is 1.66. The Hall–Kier alpha value is -0.120. The van der Waals surface area contributed by atoms with Crippen LogP contribution in [0.2, 0.25) is 0 Å². The van der Waals surface area contributed by atoms with E-state index in [1.807, 2.05) is 0 Å². The largest absolute Gasteiger partial charge is 0.379 e. The molecule has 0 bridgehead atoms. The van der Waals surface area contributed by atoms with Crippen molar-refractivity contribution in [3.05, 3.63) is 0 Å². The standard InChI is InChI=1S/C9H20N2O/c1-10-9(12)5-4-8-11-6-2-3-7-11/h9-10,12H,2-8H2,1H3. The van der Waals surface area contributed by atoms with Gasteiger partial charge in [0, 0.05) is 0 Å². The van der Waals surface area contributed by atoms with Crippen LogP contribution >= 0.6 is 0 Å². The first-order chi connectivity index (χ1) is 5.83. The van der Waals surface area contributed by atoms with Gasteiger partial charge in [-0.25, -0.2) is 0 Å². The van der Waals surface area contributed by atoms with E-state index in [0.717, 1.165) is 19.4 Å². The van der Waals surface area contributed by atoms with Crippen molar-refractivity contribution >= 4 is 0 Å². The Morgan fingerprint density at radius 3 is 2.67 bits per heavy atom. The van der Waals surface area contributed by atoms with Crippen LogP contribution in [0.5, 0.6) is 0 Å². The van der Waals surface area contributed by atoms with E-state index in [2.05, 4.69) is 10.2 Å². The first-order valence-electron chi connectivity index (χ1n) is 4.90. The molecule has 1 fully saturated rings. The molecule has 12 heavy (non-hydrogen) atoms. The average Bonchev–Trinajstić information content (AvgIpc) is 2.57. The highest BCUT2D eigenvalue weighted by atomic mass is 16.3. The number of rotatable bonds is 5. The van der Waals surface area contributed by atoms with E-state index in [9.17, 15) is 5.11 Å². The molecule has 0 aliphatic carbocycles. The van der Waals surface area contributed by atoms with Crippen LogP contribution in [0.4, 0.5) is 0 Å². The quantitative estimate of drug-likeness (QED) is 0.589. The number of hydrogen-bond donors (Lipinski definition) is 2. The van der Waals surface area contributed by atoms with Crippen molar-refractivity contribution in [1.82, 2.24) is 10.2 Å². The highest BCUT2D eigenvalue weighted by Crippen LogP contribution is 2.08. The van der Waals surface area contributed by atoms with Crippen LogP contribution in [0.25, 0.3) is 0 Å². The number of nitrogens with zero attached hydrogens (tertiary/aromatic N) is 1. The first-order valence-corrected chi connectivity index (χ1v) is 4.90. The summed E-state index contributed by atoms with van der Waals surface area (Å²) in [5.74, 6) is 0. The second-order valence-electron chi connectivity index (χ2n) is 3.50. The smallest absolute Gasteiger partial charge is 0.104 e. The summed E-state index contributed by atoms with van der Waals surface area (Å²) in [6.45, 7) is 3.67. The van der Waals surface area contributed by atoms with Gasteiger partial charge in [-0.1, -0.05) is 0 Å². The molecular weight excluding hydrogens is 152 g/mol. The second-order valence-corrected chi connectivity index (χ2v) is 3.50. The summed E-state index contributed by atoms with van der Waals surface area (Å²) in [5.41, 5.74) is 0. The van der Waals surface area contributed by atoms with Crippen molar-refractivity contribution < 1.29 is 5.11 Å². The van der Waals surface area contributed by atoms with E-state index in [1.165, 1.54) is 25.9 Å². The molecule has 1 rings (SSSR count). The number of nitrogens with one attached hydrogen (secondary N) is 1. The summed E-state index contributed by atoms with van der Waals surface area (Å²) < 4.78 is 0. The second kappa shape index (κ2) is 5.51. The Morgan fingerprint density at radius 2 is 2.08 bits per heavy atom. The molecule has 1 unspecified atom stereocenters. The zero-order chi connectivity index (χ0) is 8.81. The molecule has 1 aliphatic heterocycles. The van der Waals surface area contributed by atoms with E-state index in [-0.39, 0.29) is 6.23 Å². The van der Waals surface area contributed by atoms with Crippen molar-refractivity contribution in [2.75, 3.05) is 26.7 Å². The average molecular weight is 172 g/mol. The summed E-state index contributed by atoms with van der Waals surface area (Å²) in [5, 5.41) is 12.0. The molecule has 0 amide bonds. The van der Waals surface area contributed by atoms with Gasteiger partial charge in [0.25, 0.3) is 0 Å². The maximum Gasteiger partial charge on any atom is 0.104 e. The van der Waals surface area contributed by atoms with Crippen LogP contribution in [-0.2, 0) is 0 Å². The molecular formula is C9H20N2O. The van der Waals surface area contributed by atoms with Gasteiger partial charge in [-0.2, -0.15) is 0 Å². The van der Waals surface area contributed by atoms with Gasteiger partial charge in [0.05, 0.1) is 0 Å². The van der Waals surface area contributed by atoms with Gasteiger partial charge in [-0.15, -0.1) is 0 Å². The van der Waals surface area contributed by atoms with Crippen LogP contribution in [-0.4, -0.2) is 42.9 Å². The van der Waals surface area contributed by atoms with E-state index in [1.54, 1.807) is 7.05 Å². The normalized spacial score (nSPS) is 21.5. The van der Waals surface area contributed by atoms with Gasteiger partial charge >= 0.3 is 0 Å². The number of likely N-dealkylation sites (tertiary alicyclic amines) is 1. The highest BCUT2D eigenvalue weighted by Gasteiger charge is 2.10. The summed E-state index contributed by atoms with van der Waals surface area (Å²) in [4.78, 5) is 2.47. The van der Waals surface area contributed by atoms with Gasteiger partial charge < -0.3 is 10.0 Å². The number of hydrogen-bond acceptors (Lipinski definition) is 3. The molecule has 0 spiro atoms. The Balaban J connectivity index is 1.94. The minimum Gasteiger partial charge on any atom is -0.379 e. The maximum absolute atomic E-state index is 9.20. The van der Waals surface area contributed by atoms with E-state index in [4.69, 9.17) is 0 Å². The molecule has 2 N–H and O–H groups in total. The lowest BCUT2D eigenvalue weighted by atomic mass is 10.2. The van der Waals surface area contributed by atoms with E-state index in [0.29, 0.717) is 0 Å². The molecule has 0 aromatic heterocycles. The molecule has 3 heteroatoms. The van der Waals surface area contributed by atoms with Crippen LogP contribution in [0.1, 0.15) is 25.7 Å². The van der Waals surface area contributed by atoms with Crippen molar-refractivity contribution in [3.63, 3.8) is 0 Å². The Kier molecular flexibility index (Phi) is 4.58. The lowest BCUT2D eigenvalue weighted by molar-refractivity contribution is 0.130. The van der Waals surface area contributed by atoms with Crippen LogP contribution in [0.3, 0.4) is 0 Å². The monoisotopic (exact) mass is 172 g/mol. The SMILES string of the molecule is CNC(O)CCCN1CCCC1. The third kappa shape index (κ3) is 3.52. The minimum atomic E-state index is -0.312. The van der Waals surface area contributed by atoms with Crippen molar-refractivity contribution in [2.45, 2.75) is 31.9 Å². The summed E-state index contributed by atoms with van der Waals surface area (Å²) >= 11 is 0. The van der Waals surface area contributed by atoms with Gasteiger partial charge in [0.2, 0.25) is 0 Å². The zero-order valence-corrected chi connectivity index (χ0v) is 7.92. The van der Waals surface area contributed by atoms with Gasteiger partial charge in [0.15, 0.2) is 0 Å². The highest BCUT2D eigenvalue weighted by molar-refractivity contribution is 4.66. The van der Waals surface area contributed by atoms with Crippen molar-refractivity contribution in [3.8, 4) is 0 Å². The molecule has 0 aromatic carbocycles. The number of aliphatic hydroxyl groups excluding tert-OH is 1. The van der Waals surface area contributed by atoms with E-state index < -0.39 is 0 Å². The van der Waals surface area contributed by atoms with Crippen LogP contribution in [0.15, 0.2) is 0 Å². The minimum absolute atomic E-state index is 0.312. The van der Waals surface area contributed by atoms with E-state index >= 15 is 0 Å². The molecule has 1 aliphatic rings. The summed E-state index contributed by atoms with van der Waals surface area (Å²) in [6, 6.07) is 0. The lowest BCUT2D eigenvalue weighted by Crippen LogP contribution is -2.27. The Labute approximate surface area is 74.8 Å². The van der Waals surface area contributed by atoms with Crippen molar-refractivity contribution in [1.29, 1.82) is 0 Å². The number of aliphatic hydroxyl groups is 1. The molecule has 3 nitrogen and oxygen atoms in total. The molecule has 1 atom stereocenters. The molecule has 0 saturated carbocycles. The molecule has 0 radical (unpaired) electrons. The molecule has 1 heterocycles. The van der Waals surface area contributed by atoms with Gasteiger partial charge in [0.1, 0.15) is 6.23 Å². The lowest BCUT2D eigenvalue weighted by Gasteiger charge is -2.15. The Morgan fingerprint density at radius 1 is 1.42 bits per heavy atom. The molecule has 72 valence electrons. The summed E-state index contributed by atoms with van der Waals surface area (Å²) in [6.07, 6.45) is 4.37. The summed E-state index contributed by atoms with van der Waals surface area (Å²) in [7, 11) is 1.79. The van der Waals surface area contributed by atoms with Gasteiger partial charge in [-0.05, 0) is 52.4 Å². The van der Waals surface area contributed by atoms with Crippen LogP contribution in [0, 0.1) is 0 Å². The topological polar surface area (TPSA) is 35.5 Å². The zero-order valence-electron chi connectivity index (χ0n) is 7.92. The van der Waals surface area contributed by atoms with Crippen LogP contribution < -0.4 is 5.32 Å². The van der Waals surface area contributed by atoms with Crippen molar-refractivity contribution in [2.24, 2.45) is 0 Å². The third-order valence-electron chi connectivity index (χ3n) is 2.48. The van der Waals surface area contributed by atoms with Gasteiger partial charge in [-0.3, -0.25) is 5.32 Å². The Bertz CT molecular complexity index is 113. The fraction of sp³-hybridized carbons (Fsp3) is 1.00. The molecule has 0 aromatic rings. The third-order valence-corrected chi connectivity index (χ3v) is 2.48. The predicted molar refractivity (Wildman–Crippen MR) is 50.0 cm³/mol. The maximum atomic E-state index is 9.20. The first kappa shape index (κ1) is 9.96. The predicted octanol–water partition coefficient (Wildman–Crippen LogP) is 0.400. The molecule has 1 saturated heterocycles. The fourth-order valence-corrected chi connectivity index (χ4v) is 1.66.